The van der Waals surface area contributed by atoms with E-state index in [0.29, 0.717) is 6.54 Å². The zero-order valence-corrected chi connectivity index (χ0v) is 9.85. The summed E-state index contributed by atoms with van der Waals surface area (Å²) in [5.74, 6) is 0.902. The third kappa shape index (κ3) is 2.00. The van der Waals surface area contributed by atoms with Crippen LogP contribution in [0.4, 0.5) is 11.4 Å². The summed E-state index contributed by atoms with van der Waals surface area (Å²) in [4.78, 5) is 7.77. The van der Waals surface area contributed by atoms with Gasteiger partial charge < -0.3 is 16.0 Å². The van der Waals surface area contributed by atoms with Crippen LogP contribution in [0.2, 0.25) is 0 Å². The second-order valence-electron chi connectivity index (χ2n) is 4.14. The molecule has 18 heavy (non-hydrogen) atoms. The van der Waals surface area contributed by atoms with Gasteiger partial charge >= 0.3 is 0 Å². The molecule has 0 fully saturated rings. The van der Waals surface area contributed by atoms with Gasteiger partial charge in [-0.2, -0.15) is 0 Å². The number of nitrogens with two attached hydrogens (primary N) is 1. The molecular weight excluding hydrogens is 224 g/mol. The smallest absolute Gasteiger partial charge is 0.126 e. The number of nitrogen functional groups attached to an aromatic ring is 1. The van der Waals surface area contributed by atoms with Crippen molar-refractivity contribution in [2.24, 2.45) is 0 Å². The average Bonchev–Trinajstić information content (AvgIpc) is 2.80. The minimum atomic E-state index is 0.628. The zero-order chi connectivity index (χ0) is 12.4. The molecule has 0 atom stereocenters. The van der Waals surface area contributed by atoms with E-state index in [1.54, 1.807) is 0 Å². The number of nitrogens with one attached hydrogen (secondary N) is 2. The molecule has 4 heteroatoms. The SMILES string of the molecule is Nc1ccccc1NCc1nc2ccccc2[nH]1. The summed E-state index contributed by atoms with van der Waals surface area (Å²) in [7, 11) is 0. The number of hydrogen-bond donors (Lipinski definition) is 3. The number of para-hydroxylation sites is 4. The maximum absolute atomic E-state index is 5.87. The van der Waals surface area contributed by atoms with Gasteiger partial charge in [0.1, 0.15) is 5.82 Å². The fraction of sp³-hybridized carbons (Fsp3) is 0.0714. The van der Waals surface area contributed by atoms with Gasteiger partial charge in [-0.15, -0.1) is 0 Å². The number of rotatable bonds is 3. The zero-order valence-electron chi connectivity index (χ0n) is 9.85. The van der Waals surface area contributed by atoms with Gasteiger partial charge in [-0.05, 0) is 24.3 Å². The summed E-state index contributed by atoms with van der Waals surface area (Å²) in [5, 5.41) is 3.27. The van der Waals surface area contributed by atoms with Crippen LogP contribution in [-0.4, -0.2) is 9.97 Å². The molecule has 1 heterocycles. The lowest BCUT2D eigenvalue weighted by Gasteiger charge is -2.06. The Labute approximate surface area is 105 Å². The molecular formula is C14H14N4. The topological polar surface area (TPSA) is 66.7 Å². The van der Waals surface area contributed by atoms with E-state index < -0.39 is 0 Å². The van der Waals surface area contributed by atoms with E-state index in [1.165, 1.54) is 0 Å². The summed E-state index contributed by atoms with van der Waals surface area (Å²) in [5.41, 5.74) is 9.57. The highest BCUT2D eigenvalue weighted by atomic mass is 15.0. The molecule has 4 nitrogen and oxygen atoms in total. The monoisotopic (exact) mass is 238 g/mol. The Morgan fingerprint density at radius 3 is 2.67 bits per heavy atom. The highest BCUT2D eigenvalue weighted by molar-refractivity contribution is 5.74. The Balaban J connectivity index is 1.79. The van der Waals surface area contributed by atoms with Crippen molar-refractivity contribution in [2.75, 3.05) is 11.1 Å². The van der Waals surface area contributed by atoms with Crippen molar-refractivity contribution in [2.45, 2.75) is 6.54 Å². The number of aromatic nitrogens is 2. The largest absolute Gasteiger partial charge is 0.397 e. The first-order chi connectivity index (χ1) is 8.83. The highest BCUT2D eigenvalue weighted by Crippen LogP contribution is 2.18. The van der Waals surface area contributed by atoms with E-state index in [9.17, 15) is 0 Å². The third-order valence-corrected chi connectivity index (χ3v) is 2.85. The fourth-order valence-electron chi connectivity index (χ4n) is 1.93. The molecule has 0 aliphatic carbocycles. The molecule has 3 rings (SSSR count). The van der Waals surface area contributed by atoms with Crippen LogP contribution < -0.4 is 11.1 Å². The van der Waals surface area contributed by atoms with E-state index in [1.807, 2.05) is 48.5 Å². The summed E-state index contributed by atoms with van der Waals surface area (Å²) in [6, 6.07) is 15.7. The predicted molar refractivity (Wildman–Crippen MR) is 74.3 cm³/mol. The molecule has 0 amide bonds. The molecule has 0 bridgehead atoms. The van der Waals surface area contributed by atoms with E-state index in [4.69, 9.17) is 5.73 Å². The van der Waals surface area contributed by atoms with Crippen molar-refractivity contribution in [3.8, 4) is 0 Å². The minimum Gasteiger partial charge on any atom is -0.397 e. The van der Waals surface area contributed by atoms with Gasteiger partial charge in [-0.25, -0.2) is 4.98 Å². The van der Waals surface area contributed by atoms with Gasteiger partial charge in [-0.1, -0.05) is 24.3 Å². The van der Waals surface area contributed by atoms with Crippen LogP contribution in [0.3, 0.4) is 0 Å². The van der Waals surface area contributed by atoms with Crippen molar-refractivity contribution in [3.05, 3.63) is 54.4 Å². The van der Waals surface area contributed by atoms with E-state index >= 15 is 0 Å². The summed E-state index contributed by atoms with van der Waals surface area (Å²) >= 11 is 0. The minimum absolute atomic E-state index is 0.628. The lowest BCUT2D eigenvalue weighted by Crippen LogP contribution is -2.03. The van der Waals surface area contributed by atoms with E-state index in [2.05, 4.69) is 15.3 Å². The van der Waals surface area contributed by atoms with E-state index in [-0.39, 0.29) is 0 Å². The molecule has 1 aromatic heterocycles. The van der Waals surface area contributed by atoms with Gasteiger partial charge in [0.05, 0.1) is 29.0 Å². The van der Waals surface area contributed by atoms with E-state index in [0.717, 1.165) is 28.2 Å². The molecule has 2 aromatic carbocycles. The Kier molecular flexibility index (Phi) is 2.61. The number of fused-ring (bicyclic) bond motifs is 1. The van der Waals surface area contributed by atoms with Crippen molar-refractivity contribution in [1.29, 1.82) is 0 Å². The van der Waals surface area contributed by atoms with Crippen LogP contribution in [0.1, 0.15) is 5.82 Å². The maximum Gasteiger partial charge on any atom is 0.126 e. The van der Waals surface area contributed by atoms with Crippen LogP contribution >= 0.6 is 0 Å². The van der Waals surface area contributed by atoms with Gasteiger partial charge in [0.15, 0.2) is 0 Å². The van der Waals surface area contributed by atoms with Gasteiger partial charge in [0.2, 0.25) is 0 Å². The molecule has 0 saturated carbocycles. The van der Waals surface area contributed by atoms with Crippen molar-refractivity contribution >= 4 is 22.4 Å². The quantitative estimate of drug-likeness (QED) is 0.615. The Hall–Kier alpha value is -2.49. The van der Waals surface area contributed by atoms with Crippen LogP contribution in [-0.2, 0) is 6.54 Å². The standard InChI is InChI=1S/C14H14N4/c15-10-5-1-2-6-11(10)16-9-14-17-12-7-3-4-8-13(12)18-14/h1-8,16H,9,15H2,(H,17,18). The Morgan fingerprint density at radius 1 is 1.06 bits per heavy atom. The number of benzene rings is 2. The highest BCUT2D eigenvalue weighted by Gasteiger charge is 2.02. The first-order valence-electron chi connectivity index (χ1n) is 5.85. The van der Waals surface area contributed by atoms with Crippen LogP contribution in [0.15, 0.2) is 48.5 Å². The third-order valence-electron chi connectivity index (χ3n) is 2.85. The molecule has 4 N–H and O–H groups in total. The Bertz CT molecular complexity index is 639. The number of nitrogens with zero attached hydrogens (tertiary/aromatic N) is 1. The van der Waals surface area contributed by atoms with Gasteiger partial charge in [0, 0.05) is 0 Å². The summed E-state index contributed by atoms with van der Waals surface area (Å²) < 4.78 is 0. The summed E-state index contributed by atoms with van der Waals surface area (Å²) in [6.07, 6.45) is 0. The molecule has 0 unspecified atom stereocenters. The average molecular weight is 238 g/mol. The van der Waals surface area contributed by atoms with Crippen LogP contribution in [0.5, 0.6) is 0 Å². The Morgan fingerprint density at radius 2 is 1.83 bits per heavy atom. The predicted octanol–water partition coefficient (Wildman–Crippen LogP) is 2.76. The molecule has 0 saturated heterocycles. The molecule has 0 aliphatic heterocycles. The van der Waals surface area contributed by atoms with Crippen LogP contribution in [0.25, 0.3) is 11.0 Å². The summed E-state index contributed by atoms with van der Waals surface area (Å²) in [6.45, 7) is 0.628. The van der Waals surface area contributed by atoms with Crippen LogP contribution in [0, 0.1) is 0 Å². The first-order valence-corrected chi connectivity index (χ1v) is 5.85. The lowest BCUT2D eigenvalue weighted by molar-refractivity contribution is 1.01. The molecule has 0 spiro atoms. The fourth-order valence-corrected chi connectivity index (χ4v) is 1.93. The second-order valence-corrected chi connectivity index (χ2v) is 4.14. The molecule has 0 aliphatic rings. The first kappa shape index (κ1) is 10.7. The molecule has 3 aromatic rings. The van der Waals surface area contributed by atoms with Gasteiger partial charge in [-0.3, -0.25) is 0 Å². The number of aromatic amines is 1. The maximum atomic E-state index is 5.87. The number of H-pyrrole nitrogens is 1. The van der Waals surface area contributed by atoms with Crippen molar-refractivity contribution in [3.63, 3.8) is 0 Å². The molecule has 90 valence electrons. The second kappa shape index (κ2) is 4.41. The lowest BCUT2D eigenvalue weighted by atomic mass is 10.3. The van der Waals surface area contributed by atoms with Gasteiger partial charge in [0.25, 0.3) is 0 Å². The van der Waals surface area contributed by atoms with Crippen molar-refractivity contribution < 1.29 is 0 Å². The number of hydrogen-bond acceptors (Lipinski definition) is 3. The van der Waals surface area contributed by atoms with Crippen molar-refractivity contribution in [1.82, 2.24) is 9.97 Å². The molecule has 0 radical (unpaired) electrons. The number of anilines is 2. The number of imidazole rings is 1. The normalized spacial score (nSPS) is 10.7.